The van der Waals surface area contributed by atoms with Crippen molar-refractivity contribution in [3.8, 4) is 11.1 Å². The minimum absolute atomic E-state index is 0.326. The summed E-state index contributed by atoms with van der Waals surface area (Å²) in [6.45, 7) is 0. The molecule has 0 aliphatic heterocycles. The summed E-state index contributed by atoms with van der Waals surface area (Å²) in [6.07, 6.45) is 1.09. The highest BCUT2D eigenvalue weighted by Crippen LogP contribution is 2.42. The first-order chi connectivity index (χ1) is 10.3. The zero-order valence-electron chi connectivity index (χ0n) is 11.6. The van der Waals surface area contributed by atoms with Gasteiger partial charge in [-0.1, -0.05) is 48.5 Å². The van der Waals surface area contributed by atoms with Crippen molar-refractivity contribution in [2.75, 3.05) is 0 Å². The van der Waals surface area contributed by atoms with E-state index < -0.39 is 0 Å². The Labute approximate surface area is 128 Å². The monoisotopic (exact) mass is 292 g/mol. The molecule has 1 aromatic heterocycles. The van der Waals surface area contributed by atoms with Gasteiger partial charge in [0.25, 0.3) is 0 Å². The lowest BCUT2D eigenvalue weighted by molar-refractivity contribution is 1.07. The molecule has 1 saturated carbocycles. The second-order valence-corrected chi connectivity index (χ2v) is 6.68. The van der Waals surface area contributed by atoms with Crippen molar-refractivity contribution in [2.24, 2.45) is 5.73 Å². The van der Waals surface area contributed by atoms with Crippen LogP contribution in [0.15, 0.2) is 65.7 Å². The summed E-state index contributed by atoms with van der Waals surface area (Å²) in [5.41, 5.74) is 9.44. The van der Waals surface area contributed by atoms with Crippen LogP contribution >= 0.6 is 11.8 Å². The molecule has 21 heavy (non-hydrogen) atoms. The number of thioether (sulfide) groups is 1. The van der Waals surface area contributed by atoms with Crippen LogP contribution in [0.5, 0.6) is 0 Å². The van der Waals surface area contributed by atoms with E-state index in [0.717, 1.165) is 17.0 Å². The number of nitrogens with two attached hydrogens (primary N) is 1. The Morgan fingerprint density at radius 3 is 2.48 bits per heavy atom. The average Bonchev–Trinajstić information content (AvgIpc) is 3.22. The average molecular weight is 292 g/mol. The van der Waals surface area contributed by atoms with Crippen LogP contribution in [0.2, 0.25) is 0 Å². The molecule has 0 amide bonds. The van der Waals surface area contributed by atoms with E-state index in [2.05, 4.69) is 48.5 Å². The van der Waals surface area contributed by atoms with Crippen molar-refractivity contribution < 1.29 is 0 Å². The van der Waals surface area contributed by atoms with Gasteiger partial charge in [0.1, 0.15) is 5.03 Å². The molecule has 0 spiro atoms. The van der Waals surface area contributed by atoms with Gasteiger partial charge in [0.2, 0.25) is 0 Å². The van der Waals surface area contributed by atoms with Gasteiger partial charge < -0.3 is 5.73 Å². The molecule has 2 N–H and O–H groups in total. The van der Waals surface area contributed by atoms with Gasteiger partial charge >= 0.3 is 0 Å². The molecule has 0 saturated heterocycles. The van der Waals surface area contributed by atoms with Gasteiger partial charge in [-0.05, 0) is 24.1 Å². The minimum atomic E-state index is 0.326. The number of nitrogens with zero attached hydrogens (tertiary/aromatic N) is 1. The summed E-state index contributed by atoms with van der Waals surface area (Å²) in [7, 11) is 0. The number of pyridine rings is 1. The van der Waals surface area contributed by atoms with E-state index >= 15 is 0 Å². The minimum Gasteiger partial charge on any atom is -0.327 e. The summed E-state index contributed by atoms with van der Waals surface area (Å²) in [5.74, 6) is 0. The van der Waals surface area contributed by atoms with E-state index in [0.29, 0.717) is 11.3 Å². The number of aromatic nitrogens is 1. The van der Waals surface area contributed by atoms with Gasteiger partial charge in [-0.25, -0.2) is 4.98 Å². The molecule has 1 heterocycles. The number of hydrogen-bond donors (Lipinski definition) is 1. The van der Waals surface area contributed by atoms with Crippen LogP contribution in [0.3, 0.4) is 0 Å². The molecule has 0 bridgehead atoms. The molecular weight excluding hydrogens is 276 g/mol. The highest BCUT2D eigenvalue weighted by atomic mass is 32.2. The molecule has 2 nitrogen and oxygen atoms in total. The van der Waals surface area contributed by atoms with Crippen molar-refractivity contribution >= 4 is 22.7 Å². The Morgan fingerprint density at radius 1 is 1.00 bits per heavy atom. The summed E-state index contributed by atoms with van der Waals surface area (Å²) < 4.78 is 0. The lowest BCUT2D eigenvalue weighted by Crippen LogP contribution is -2.03. The maximum atomic E-state index is 5.97. The second kappa shape index (κ2) is 5.17. The molecule has 3 aromatic rings. The third-order valence-corrected chi connectivity index (χ3v) is 5.19. The number of fused-ring (bicyclic) bond motifs is 1. The highest BCUT2D eigenvalue weighted by molar-refractivity contribution is 8.00. The first-order valence-corrected chi connectivity index (χ1v) is 8.07. The van der Waals surface area contributed by atoms with Gasteiger partial charge in [0.15, 0.2) is 0 Å². The number of rotatable bonds is 3. The number of benzene rings is 2. The van der Waals surface area contributed by atoms with E-state index in [1.54, 1.807) is 0 Å². The predicted molar refractivity (Wildman–Crippen MR) is 89.4 cm³/mol. The van der Waals surface area contributed by atoms with E-state index in [9.17, 15) is 0 Å². The van der Waals surface area contributed by atoms with Gasteiger partial charge in [-0.3, -0.25) is 0 Å². The molecule has 2 atom stereocenters. The molecular formula is C18H16N2S. The Hall–Kier alpha value is -1.84. The van der Waals surface area contributed by atoms with Crippen molar-refractivity contribution in [3.63, 3.8) is 0 Å². The Bertz CT molecular complexity index is 786. The summed E-state index contributed by atoms with van der Waals surface area (Å²) in [5, 5.41) is 2.79. The molecule has 0 unspecified atom stereocenters. The number of hydrogen-bond acceptors (Lipinski definition) is 3. The Kier molecular flexibility index (Phi) is 3.17. The van der Waals surface area contributed by atoms with Crippen LogP contribution in [-0.2, 0) is 0 Å². The quantitative estimate of drug-likeness (QED) is 0.790. The SMILES string of the molecule is N[C@@H]1C[C@H]1Sc1nc2ccccc2cc1-c1ccccc1. The van der Waals surface area contributed by atoms with E-state index in [1.165, 1.54) is 16.5 Å². The lowest BCUT2D eigenvalue weighted by Gasteiger charge is -2.10. The second-order valence-electron chi connectivity index (χ2n) is 5.46. The smallest absolute Gasteiger partial charge is 0.105 e. The van der Waals surface area contributed by atoms with Gasteiger partial charge in [0.05, 0.1) is 5.52 Å². The fraction of sp³-hybridized carbons (Fsp3) is 0.167. The van der Waals surface area contributed by atoms with Crippen LogP contribution in [0.1, 0.15) is 6.42 Å². The zero-order valence-corrected chi connectivity index (χ0v) is 12.4. The molecule has 3 heteroatoms. The van der Waals surface area contributed by atoms with Crippen molar-refractivity contribution in [1.29, 1.82) is 0 Å². The molecule has 4 rings (SSSR count). The standard InChI is InChI=1S/C18H16N2S/c19-15-11-17(15)21-18-14(12-6-2-1-3-7-12)10-13-8-4-5-9-16(13)20-18/h1-10,15,17H,11,19H2/t15-,17-/m1/s1. The first-order valence-electron chi connectivity index (χ1n) is 7.19. The molecule has 104 valence electrons. The van der Waals surface area contributed by atoms with Crippen molar-refractivity contribution in [2.45, 2.75) is 22.7 Å². The molecule has 0 radical (unpaired) electrons. The van der Waals surface area contributed by atoms with E-state index in [-0.39, 0.29) is 0 Å². The summed E-state index contributed by atoms with van der Waals surface area (Å²) in [4.78, 5) is 4.87. The molecule has 1 aliphatic rings. The molecule has 1 aliphatic carbocycles. The topological polar surface area (TPSA) is 38.9 Å². The normalized spacial score (nSPS) is 20.6. The van der Waals surface area contributed by atoms with Gasteiger partial charge in [0, 0.05) is 22.2 Å². The van der Waals surface area contributed by atoms with Crippen LogP contribution in [-0.4, -0.2) is 16.3 Å². The van der Waals surface area contributed by atoms with Gasteiger partial charge in [-0.15, -0.1) is 11.8 Å². The Balaban J connectivity index is 1.87. The fourth-order valence-corrected chi connectivity index (χ4v) is 3.72. The lowest BCUT2D eigenvalue weighted by atomic mass is 10.1. The van der Waals surface area contributed by atoms with E-state index in [4.69, 9.17) is 10.7 Å². The fourth-order valence-electron chi connectivity index (χ4n) is 2.48. The van der Waals surface area contributed by atoms with Crippen LogP contribution in [0.4, 0.5) is 0 Å². The van der Waals surface area contributed by atoms with E-state index in [1.807, 2.05) is 23.9 Å². The maximum absolute atomic E-state index is 5.97. The van der Waals surface area contributed by atoms with Crippen LogP contribution < -0.4 is 5.73 Å². The third-order valence-electron chi connectivity index (χ3n) is 3.82. The molecule has 2 aromatic carbocycles. The molecule has 1 fully saturated rings. The largest absolute Gasteiger partial charge is 0.327 e. The third kappa shape index (κ3) is 2.55. The summed E-state index contributed by atoms with van der Waals surface area (Å²) in [6, 6.07) is 21.3. The van der Waals surface area contributed by atoms with Gasteiger partial charge in [-0.2, -0.15) is 0 Å². The Morgan fingerprint density at radius 2 is 1.71 bits per heavy atom. The first kappa shape index (κ1) is 12.9. The van der Waals surface area contributed by atoms with Crippen molar-refractivity contribution in [1.82, 2.24) is 4.98 Å². The number of para-hydroxylation sites is 1. The predicted octanol–water partition coefficient (Wildman–Crippen LogP) is 4.09. The van der Waals surface area contributed by atoms with Crippen LogP contribution in [0.25, 0.3) is 22.0 Å². The summed E-state index contributed by atoms with van der Waals surface area (Å²) >= 11 is 1.82. The highest BCUT2D eigenvalue weighted by Gasteiger charge is 2.35. The maximum Gasteiger partial charge on any atom is 0.105 e. The zero-order chi connectivity index (χ0) is 14.2. The van der Waals surface area contributed by atoms with Crippen molar-refractivity contribution in [3.05, 3.63) is 60.7 Å². The van der Waals surface area contributed by atoms with Crippen LogP contribution in [0, 0.1) is 0 Å².